The third kappa shape index (κ3) is 4.55. The van der Waals surface area contributed by atoms with Crippen LogP contribution in [0.15, 0.2) is 23.1 Å². The first-order chi connectivity index (χ1) is 8.74. The molecule has 0 saturated heterocycles. The van der Waals surface area contributed by atoms with Gasteiger partial charge in [0.15, 0.2) is 9.84 Å². The standard InChI is InChI=1S/C13H20N2O3S/c1-4-5-9(2)15-13(16)10-6-11(14)8-12(7-10)19(3,17)18/h6-9H,4-5,14H2,1-3H3,(H,15,16). The van der Waals surface area contributed by atoms with Crippen molar-refractivity contribution >= 4 is 21.4 Å². The van der Waals surface area contributed by atoms with Crippen molar-refractivity contribution in [2.75, 3.05) is 12.0 Å². The molecule has 1 aromatic carbocycles. The molecule has 1 amide bonds. The fourth-order valence-electron chi connectivity index (χ4n) is 1.78. The maximum Gasteiger partial charge on any atom is 0.251 e. The van der Waals surface area contributed by atoms with Crippen LogP contribution in [0, 0.1) is 0 Å². The summed E-state index contributed by atoms with van der Waals surface area (Å²) in [6.45, 7) is 3.94. The molecule has 6 heteroatoms. The van der Waals surface area contributed by atoms with Crippen molar-refractivity contribution in [3.63, 3.8) is 0 Å². The van der Waals surface area contributed by atoms with Gasteiger partial charge in [-0.3, -0.25) is 4.79 Å². The van der Waals surface area contributed by atoms with Crippen LogP contribution in [-0.2, 0) is 9.84 Å². The number of hydrogen-bond acceptors (Lipinski definition) is 4. The molecule has 0 aliphatic rings. The Morgan fingerprint density at radius 1 is 1.37 bits per heavy atom. The van der Waals surface area contributed by atoms with Gasteiger partial charge >= 0.3 is 0 Å². The first-order valence-electron chi connectivity index (χ1n) is 6.15. The summed E-state index contributed by atoms with van der Waals surface area (Å²) in [6, 6.07) is 4.21. The summed E-state index contributed by atoms with van der Waals surface area (Å²) in [5, 5.41) is 2.81. The van der Waals surface area contributed by atoms with Crippen LogP contribution in [0.3, 0.4) is 0 Å². The van der Waals surface area contributed by atoms with E-state index in [1.807, 2.05) is 13.8 Å². The highest BCUT2D eigenvalue weighted by atomic mass is 32.2. The van der Waals surface area contributed by atoms with Crippen LogP contribution >= 0.6 is 0 Å². The molecule has 1 unspecified atom stereocenters. The van der Waals surface area contributed by atoms with Crippen LogP contribution in [0.2, 0.25) is 0 Å². The lowest BCUT2D eigenvalue weighted by Gasteiger charge is -2.13. The molecular weight excluding hydrogens is 264 g/mol. The third-order valence-electron chi connectivity index (χ3n) is 2.72. The van der Waals surface area contributed by atoms with Crippen LogP contribution < -0.4 is 11.1 Å². The molecule has 19 heavy (non-hydrogen) atoms. The molecule has 0 bridgehead atoms. The van der Waals surface area contributed by atoms with Crippen LogP contribution in [0.1, 0.15) is 37.0 Å². The topological polar surface area (TPSA) is 89.3 Å². The average Bonchev–Trinajstić information content (AvgIpc) is 2.27. The van der Waals surface area contributed by atoms with Crippen LogP contribution in [-0.4, -0.2) is 26.6 Å². The van der Waals surface area contributed by atoms with Gasteiger partial charge in [0.1, 0.15) is 0 Å². The number of carbonyl (C=O) groups excluding carboxylic acids is 1. The van der Waals surface area contributed by atoms with Gasteiger partial charge in [0, 0.05) is 23.5 Å². The average molecular weight is 284 g/mol. The molecule has 0 aliphatic heterocycles. The van der Waals surface area contributed by atoms with Crippen molar-refractivity contribution < 1.29 is 13.2 Å². The number of carbonyl (C=O) groups is 1. The van der Waals surface area contributed by atoms with Gasteiger partial charge in [0.2, 0.25) is 0 Å². The summed E-state index contributed by atoms with van der Waals surface area (Å²) >= 11 is 0. The van der Waals surface area contributed by atoms with Gasteiger partial charge in [-0.15, -0.1) is 0 Å². The zero-order valence-electron chi connectivity index (χ0n) is 11.4. The minimum absolute atomic E-state index is 0.0422. The molecule has 5 nitrogen and oxygen atoms in total. The molecule has 3 N–H and O–H groups in total. The molecule has 0 aliphatic carbocycles. The molecular formula is C13H20N2O3S. The van der Waals surface area contributed by atoms with E-state index in [1.165, 1.54) is 18.2 Å². The normalized spacial score (nSPS) is 13.0. The van der Waals surface area contributed by atoms with Crippen molar-refractivity contribution in [3.8, 4) is 0 Å². The maximum absolute atomic E-state index is 12.0. The van der Waals surface area contributed by atoms with Gasteiger partial charge in [-0.25, -0.2) is 8.42 Å². The maximum atomic E-state index is 12.0. The minimum atomic E-state index is -3.38. The number of amides is 1. The van der Waals surface area contributed by atoms with Gasteiger partial charge in [0.05, 0.1) is 4.90 Å². The Hall–Kier alpha value is -1.56. The molecule has 0 fully saturated rings. The summed E-state index contributed by atoms with van der Waals surface area (Å²) in [6.07, 6.45) is 2.92. The molecule has 0 saturated carbocycles. The number of benzene rings is 1. The van der Waals surface area contributed by atoms with Crippen LogP contribution in [0.25, 0.3) is 0 Å². The third-order valence-corrected chi connectivity index (χ3v) is 3.81. The molecule has 106 valence electrons. The molecule has 0 aromatic heterocycles. The molecule has 1 rings (SSSR count). The lowest BCUT2D eigenvalue weighted by Crippen LogP contribution is -2.32. The zero-order chi connectivity index (χ0) is 14.6. The number of sulfone groups is 1. The smallest absolute Gasteiger partial charge is 0.251 e. The van der Waals surface area contributed by atoms with E-state index in [0.29, 0.717) is 0 Å². The fourth-order valence-corrected chi connectivity index (χ4v) is 2.47. The van der Waals surface area contributed by atoms with Crippen molar-refractivity contribution in [3.05, 3.63) is 23.8 Å². The number of nitrogen functional groups attached to an aromatic ring is 1. The lowest BCUT2D eigenvalue weighted by atomic mass is 10.1. The quantitative estimate of drug-likeness (QED) is 0.804. The Kier molecular flexibility index (Phi) is 4.94. The van der Waals surface area contributed by atoms with E-state index in [0.717, 1.165) is 19.1 Å². The van der Waals surface area contributed by atoms with Crippen LogP contribution in [0.5, 0.6) is 0 Å². The largest absolute Gasteiger partial charge is 0.399 e. The number of anilines is 1. The van der Waals surface area contributed by atoms with Gasteiger partial charge < -0.3 is 11.1 Å². The predicted octanol–water partition coefficient (Wildman–Crippen LogP) is 1.59. The van der Waals surface area contributed by atoms with E-state index >= 15 is 0 Å². The Labute approximate surface area is 114 Å². The second kappa shape index (κ2) is 6.06. The van der Waals surface area contributed by atoms with Gasteiger partial charge in [-0.05, 0) is 31.5 Å². The number of rotatable bonds is 5. The Balaban J connectivity index is 3.01. The Morgan fingerprint density at radius 3 is 2.53 bits per heavy atom. The van der Waals surface area contributed by atoms with Gasteiger partial charge in [-0.2, -0.15) is 0 Å². The van der Waals surface area contributed by atoms with E-state index in [4.69, 9.17) is 5.73 Å². The highest BCUT2D eigenvalue weighted by Crippen LogP contribution is 2.17. The van der Waals surface area contributed by atoms with Crippen molar-refractivity contribution in [2.24, 2.45) is 0 Å². The summed E-state index contributed by atoms with van der Waals surface area (Å²) in [5.74, 6) is -0.307. The van der Waals surface area contributed by atoms with E-state index in [2.05, 4.69) is 5.32 Å². The highest BCUT2D eigenvalue weighted by Gasteiger charge is 2.14. The second-order valence-corrected chi connectivity index (χ2v) is 6.74. The van der Waals surface area contributed by atoms with E-state index < -0.39 is 9.84 Å². The fraction of sp³-hybridized carbons (Fsp3) is 0.462. The summed E-state index contributed by atoms with van der Waals surface area (Å²) in [5.41, 5.74) is 6.17. The molecule has 0 heterocycles. The zero-order valence-corrected chi connectivity index (χ0v) is 12.3. The van der Waals surface area contributed by atoms with Gasteiger partial charge in [-0.1, -0.05) is 13.3 Å². The molecule has 0 radical (unpaired) electrons. The first-order valence-corrected chi connectivity index (χ1v) is 8.04. The summed E-state index contributed by atoms with van der Waals surface area (Å²) in [7, 11) is -3.38. The lowest BCUT2D eigenvalue weighted by molar-refractivity contribution is 0.0938. The SMILES string of the molecule is CCCC(C)NC(=O)c1cc(N)cc(S(C)(=O)=O)c1. The predicted molar refractivity (Wildman–Crippen MR) is 75.8 cm³/mol. The minimum Gasteiger partial charge on any atom is -0.399 e. The summed E-state index contributed by atoms with van der Waals surface area (Å²) < 4.78 is 23.0. The molecule has 0 spiro atoms. The first kappa shape index (κ1) is 15.5. The van der Waals surface area contributed by atoms with Gasteiger partial charge in [0.25, 0.3) is 5.91 Å². The monoisotopic (exact) mass is 284 g/mol. The van der Waals surface area contributed by atoms with Crippen molar-refractivity contribution in [1.29, 1.82) is 0 Å². The van der Waals surface area contributed by atoms with E-state index in [9.17, 15) is 13.2 Å². The number of nitrogens with two attached hydrogens (primary N) is 1. The highest BCUT2D eigenvalue weighted by molar-refractivity contribution is 7.90. The Bertz CT molecular complexity index is 567. The molecule has 1 atom stereocenters. The van der Waals surface area contributed by atoms with Crippen molar-refractivity contribution in [1.82, 2.24) is 5.32 Å². The van der Waals surface area contributed by atoms with E-state index in [1.54, 1.807) is 0 Å². The number of nitrogens with one attached hydrogen (secondary N) is 1. The number of hydrogen-bond donors (Lipinski definition) is 2. The van der Waals surface area contributed by atoms with Crippen LogP contribution in [0.4, 0.5) is 5.69 Å². The van der Waals surface area contributed by atoms with Crippen molar-refractivity contribution in [2.45, 2.75) is 37.6 Å². The second-order valence-electron chi connectivity index (χ2n) is 4.73. The summed E-state index contributed by atoms with van der Waals surface area (Å²) in [4.78, 5) is 12.1. The Morgan fingerprint density at radius 2 is 2.00 bits per heavy atom. The molecule has 1 aromatic rings. The van der Waals surface area contributed by atoms with E-state index in [-0.39, 0.29) is 28.1 Å².